The number of methoxy groups -OCH3 is 2. The van der Waals surface area contributed by atoms with Gasteiger partial charge in [0.1, 0.15) is 23.1 Å². The first-order valence-corrected chi connectivity index (χ1v) is 12.3. The standard InChI is InChI=1S/C29H31N3O4/c1-34-23-11-9-22(10-12-23)32-20-21(19-28(32)33)29-30-26-7-3-4-8-27(26)31(29)17-5-6-18-36-25-15-13-24(35-2)14-16-25/h3-4,7-16,21H,5-6,17-20H2,1-2H3. The number of unbranched alkanes of at least 4 members (excludes halogenated alkanes) is 1. The average Bonchev–Trinajstić information content (AvgIpc) is 3.49. The van der Waals surface area contributed by atoms with Crippen molar-refractivity contribution in [3.63, 3.8) is 0 Å². The molecule has 1 aliphatic heterocycles. The van der Waals surface area contributed by atoms with E-state index in [2.05, 4.69) is 10.6 Å². The quantitative estimate of drug-likeness (QED) is 0.280. The molecule has 1 fully saturated rings. The van der Waals surface area contributed by atoms with Crippen molar-refractivity contribution in [3.8, 4) is 17.2 Å². The Hall–Kier alpha value is -4.00. The van der Waals surface area contributed by atoms with Gasteiger partial charge in [0.05, 0.1) is 31.9 Å². The predicted octanol–water partition coefficient (Wildman–Crippen LogP) is 5.43. The Balaban J connectivity index is 1.26. The average molecular weight is 486 g/mol. The topological polar surface area (TPSA) is 65.8 Å². The molecule has 1 saturated heterocycles. The van der Waals surface area contributed by atoms with Gasteiger partial charge in [0.2, 0.25) is 5.91 Å². The van der Waals surface area contributed by atoms with Gasteiger partial charge in [-0.25, -0.2) is 4.98 Å². The van der Waals surface area contributed by atoms with Gasteiger partial charge in [0.15, 0.2) is 0 Å². The number of benzene rings is 3. The van der Waals surface area contributed by atoms with Gasteiger partial charge in [-0.05, 0) is 73.5 Å². The van der Waals surface area contributed by atoms with E-state index in [1.54, 1.807) is 14.2 Å². The van der Waals surface area contributed by atoms with Crippen molar-refractivity contribution >= 4 is 22.6 Å². The summed E-state index contributed by atoms with van der Waals surface area (Å²) in [5, 5.41) is 0. The molecule has 1 amide bonds. The number of nitrogens with zero attached hydrogens (tertiary/aromatic N) is 3. The molecule has 0 N–H and O–H groups in total. The smallest absolute Gasteiger partial charge is 0.227 e. The fourth-order valence-electron chi connectivity index (χ4n) is 4.77. The number of aryl methyl sites for hydroxylation is 1. The van der Waals surface area contributed by atoms with Gasteiger partial charge >= 0.3 is 0 Å². The molecule has 1 atom stereocenters. The summed E-state index contributed by atoms with van der Waals surface area (Å²) in [5.41, 5.74) is 2.97. The normalized spacial score (nSPS) is 15.4. The summed E-state index contributed by atoms with van der Waals surface area (Å²) in [6.07, 6.45) is 2.32. The molecule has 1 aromatic heterocycles. The summed E-state index contributed by atoms with van der Waals surface area (Å²) in [6, 6.07) is 23.5. The van der Waals surface area contributed by atoms with Gasteiger partial charge in [-0.3, -0.25) is 4.79 Å². The molecular formula is C29H31N3O4. The SMILES string of the molecule is COc1ccc(OCCCCn2c(C3CC(=O)N(c4ccc(OC)cc4)C3)nc3ccccc32)cc1. The van der Waals surface area contributed by atoms with Gasteiger partial charge in [-0.15, -0.1) is 0 Å². The lowest BCUT2D eigenvalue weighted by atomic mass is 10.1. The maximum absolute atomic E-state index is 12.9. The van der Waals surface area contributed by atoms with Crippen LogP contribution in [0.5, 0.6) is 17.2 Å². The monoisotopic (exact) mass is 485 g/mol. The summed E-state index contributed by atoms with van der Waals surface area (Å²) in [4.78, 5) is 19.8. The minimum absolute atomic E-state index is 0.0440. The Kier molecular flexibility index (Phi) is 7.07. The molecule has 0 radical (unpaired) electrons. The predicted molar refractivity (Wildman–Crippen MR) is 140 cm³/mol. The van der Waals surface area contributed by atoms with Gasteiger partial charge in [-0.1, -0.05) is 12.1 Å². The van der Waals surface area contributed by atoms with Gasteiger partial charge in [0, 0.05) is 31.1 Å². The van der Waals surface area contributed by atoms with Gasteiger partial charge < -0.3 is 23.7 Å². The first-order valence-electron chi connectivity index (χ1n) is 12.3. The fraction of sp³-hybridized carbons (Fsp3) is 0.310. The molecule has 0 saturated carbocycles. The van der Waals surface area contributed by atoms with Crippen molar-refractivity contribution in [1.82, 2.24) is 9.55 Å². The van der Waals surface area contributed by atoms with Crippen LogP contribution in [0.1, 0.15) is 31.0 Å². The van der Waals surface area contributed by atoms with E-state index in [4.69, 9.17) is 19.2 Å². The number of aromatic nitrogens is 2. The molecule has 1 unspecified atom stereocenters. The number of carbonyl (C=O) groups excluding carboxylic acids is 1. The fourth-order valence-corrected chi connectivity index (χ4v) is 4.77. The van der Waals surface area contributed by atoms with Crippen LogP contribution in [0.2, 0.25) is 0 Å². The van der Waals surface area contributed by atoms with Gasteiger partial charge in [-0.2, -0.15) is 0 Å². The van der Waals surface area contributed by atoms with E-state index in [-0.39, 0.29) is 11.8 Å². The van der Waals surface area contributed by atoms with Crippen LogP contribution in [0.25, 0.3) is 11.0 Å². The molecule has 5 rings (SSSR count). The number of hydrogen-bond donors (Lipinski definition) is 0. The third-order valence-electron chi connectivity index (χ3n) is 6.66. The number of carbonyl (C=O) groups is 1. The maximum Gasteiger partial charge on any atom is 0.227 e. The van der Waals surface area contributed by atoms with Gasteiger partial charge in [0.25, 0.3) is 0 Å². The zero-order valence-corrected chi connectivity index (χ0v) is 20.7. The Labute approximate surface area is 211 Å². The molecule has 0 spiro atoms. The molecule has 4 aromatic rings. The largest absolute Gasteiger partial charge is 0.497 e. The van der Waals surface area contributed by atoms with E-state index < -0.39 is 0 Å². The second kappa shape index (κ2) is 10.7. The van der Waals surface area contributed by atoms with E-state index >= 15 is 0 Å². The van der Waals surface area contributed by atoms with E-state index in [1.807, 2.05) is 71.6 Å². The summed E-state index contributed by atoms with van der Waals surface area (Å²) in [5.74, 6) is 3.58. The molecule has 7 heteroatoms. The zero-order valence-electron chi connectivity index (χ0n) is 20.7. The number of hydrogen-bond acceptors (Lipinski definition) is 5. The number of para-hydroxylation sites is 2. The minimum Gasteiger partial charge on any atom is -0.497 e. The Bertz CT molecular complexity index is 1310. The van der Waals surface area contributed by atoms with E-state index in [0.717, 1.165) is 59.2 Å². The molecule has 0 bridgehead atoms. The first-order chi connectivity index (χ1) is 17.7. The van der Waals surface area contributed by atoms with Crippen molar-refractivity contribution in [3.05, 3.63) is 78.6 Å². The van der Waals surface area contributed by atoms with Crippen LogP contribution in [-0.4, -0.2) is 42.8 Å². The third-order valence-corrected chi connectivity index (χ3v) is 6.66. The lowest BCUT2D eigenvalue weighted by Gasteiger charge is -2.18. The third kappa shape index (κ3) is 5.00. The molecule has 36 heavy (non-hydrogen) atoms. The zero-order chi connectivity index (χ0) is 24.9. The van der Waals surface area contributed by atoms with E-state index in [9.17, 15) is 4.79 Å². The van der Waals surface area contributed by atoms with Crippen LogP contribution in [0, 0.1) is 0 Å². The van der Waals surface area contributed by atoms with Crippen LogP contribution >= 0.6 is 0 Å². The van der Waals surface area contributed by atoms with Crippen molar-refractivity contribution in [2.24, 2.45) is 0 Å². The number of ether oxygens (including phenoxy) is 3. The second-order valence-corrected chi connectivity index (χ2v) is 8.94. The number of imidazole rings is 1. The first kappa shape index (κ1) is 23.7. The van der Waals surface area contributed by atoms with Crippen LogP contribution in [0.4, 0.5) is 5.69 Å². The highest BCUT2D eigenvalue weighted by Gasteiger charge is 2.34. The molecule has 2 heterocycles. The lowest BCUT2D eigenvalue weighted by Crippen LogP contribution is -2.24. The van der Waals surface area contributed by atoms with Crippen LogP contribution in [0.15, 0.2) is 72.8 Å². The van der Waals surface area contributed by atoms with Crippen LogP contribution < -0.4 is 19.1 Å². The highest BCUT2D eigenvalue weighted by molar-refractivity contribution is 5.96. The Morgan fingerprint density at radius 2 is 1.53 bits per heavy atom. The highest BCUT2D eigenvalue weighted by atomic mass is 16.5. The molecular weight excluding hydrogens is 454 g/mol. The van der Waals surface area contributed by atoms with Crippen molar-refractivity contribution in [1.29, 1.82) is 0 Å². The number of anilines is 1. The van der Waals surface area contributed by atoms with Crippen molar-refractivity contribution in [2.45, 2.75) is 31.7 Å². The summed E-state index contributed by atoms with van der Waals surface area (Å²) < 4.78 is 18.6. The number of amides is 1. The number of fused-ring (bicyclic) bond motifs is 1. The second-order valence-electron chi connectivity index (χ2n) is 8.94. The van der Waals surface area contributed by atoms with E-state index in [1.165, 1.54) is 0 Å². The van der Waals surface area contributed by atoms with Crippen molar-refractivity contribution < 1.29 is 19.0 Å². The summed E-state index contributed by atoms with van der Waals surface area (Å²) >= 11 is 0. The Morgan fingerprint density at radius 1 is 0.861 bits per heavy atom. The molecule has 7 nitrogen and oxygen atoms in total. The van der Waals surface area contributed by atoms with Crippen LogP contribution in [0.3, 0.4) is 0 Å². The van der Waals surface area contributed by atoms with Crippen LogP contribution in [-0.2, 0) is 11.3 Å². The summed E-state index contributed by atoms with van der Waals surface area (Å²) in [7, 11) is 3.30. The summed E-state index contributed by atoms with van der Waals surface area (Å²) in [6.45, 7) is 2.09. The molecule has 0 aliphatic carbocycles. The lowest BCUT2D eigenvalue weighted by molar-refractivity contribution is -0.117. The molecule has 186 valence electrons. The molecule has 3 aromatic carbocycles. The van der Waals surface area contributed by atoms with Crippen molar-refractivity contribution in [2.75, 3.05) is 32.3 Å². The molecule has 1 aliphatic rings. The highest BCUT2D eigenvalue weighted by Crippen LogP contribution is 2.34. The maximum atomic E-state index is 12.9. The minimum atomic E-state index is 0.0440. The number of rotatable bonds is 10. The van der Waals surface area contributed by atoms with E-state index in [0.29, 0.717) is 19.6 Å². The Morgan fingerprint density at radius 3 is 2.25 bits per heavy atom.